The van der Waals surface area contributed by atoms with Crippen molar-refractivity contribution in [3.8, 4) is 0 Å². The van der Waals surface area contributed by atoms with Gasteiger partial charge in [0.2, 0.25) is 10.0 Å². The number of benzene rings is 1. The highest BCUT2D eigenvalue weighted by Gasteiger charge is 2.32. The number of rotatable bonds is 5. The van der Waals surface area contributed by atoms with Gasteiger partial charge in [-0.3, -0.25) is 10.1 Å². The van der Waals surface area contributed by atoms with Crippen LogP contribution in [-0.4, -0.2) is 67.3 Å². The summed E-state index contributed by atoms with van der Waals surface area (Å²) in [5.41, 5.74) is 0.417. The lowest BCUT2D eigenvalue weighted by Crippen LogP contribution is -2.50. The molecule has 1 fully saturated rings. The van der Waals surface area contributed by atoms with Crippen molar-refractivity contribution in [1.82, 2.24) is 19.5 Å². The summed E-state index contributed by atoms with van der Waals surface area (Å²) in [5, 5.41) is 6.88. The molecule has 0 atom stereocenters. The van der Waals surface area contributed by atoms with E-state index in [1.165, 1.54) is 34.0 Å². The van der Waals surface area contributed by atoms with E-state index in [0.717, 1.165) is 10.1 Å². The Morgan fingerprint density at radius 3 is 2.52 bits per heavy atom. The number of fused-ring (bicyclic) bond motifs is 1. The number of carbonyl (C=O) groups is 2. The van der Waals surface area contributed by atoms with Crippen LogP contribution in [0.1, 0.15) is 17.3 Å². The lowest BCUT2D eigenvalue weighted by Gasteiger charge is -2.34. The van der Waals surface area contributed by atoms with E-state index in [2.05, 4.69) is 15.6 Å². The van der Waals surface area contributed by atoms with Crippen LogP contribution < -0.4 is 10.6 Å². The standard InChI is InChI=1S/C21H22ClN5O4S2/c1-2-23-21(29)25-19-18(15-5-3-4-6-16(15)32-19)20(28)26-9-11-27(12-10-26)33(30,31)14-7-8-17(22)24-13-14/h3-8,13H,2,9-12H2,1H3,(H2,23,25,29). The number of anilines is 1. The molecular formula is C21H22ClN5O4S2. The van der Waals surface area contributed by atoms with Gasteiger partial charge in [0.1, 0.15) is 15.0 Å². The molecule has 0 spiro atoms. The third-order valence-electron chi connectivity index (χ3n) is 5.24. The quantitative estimate of drug-likeness (QED) is 0.515. The summed E-state index contributed by atoms with van der Waals surface area (Å²) in [6.45, 7) is 3.02. The molecule has 9 nitrogen and oxygen atoms in total. The molecule has 174 valence electrons. The summed E-state index contributed by atoms with van der Waals surface area (Å²) in [5.74, 6) is -0.246. The molecule has 3 aromatic rings. The van der Waals surface area contributed by atoms with Crippen molar-refractivity contribution >= 4 is 60.0 Å². The zero-order valence-corrected chi connectivity index (χ0v) is 20.1. The molecule has 1 aliphatic heterocycles. The molecule has 3 amide bonds. The monoisotopic (exact) mass is 507 g/mol. The van der Waals surface area contributed by atoms with Gasteiger partial charge in [0.15, 0.2) is 0 Å². The van der Waals surface area contributed by atoms with Gasteiger partial charge in [-0.15, -0.1) is 11.3 Å². The maximum absolute atomic E-state index is 13.5. The molecule has 12 heteroatoms. The fourth-order valence-corrected chi connectivity index (χ4v) is 6.18. The van der Waals surface area contributed by atoms with Crippen molar-refractivity contribution in [2.75, 3.05) is 38.0 Å². The minimum atomic E-state index is -3.74. The Balaban J connectivity index is 1.54. The predicted octanol–water partition coefficient (Wildman–Crippen LogP) is 3.24. The van der Waals surface area contributed by atoms with Gasteiger partial charge in [-0.2, -0.15) is 4.31 Å². The van der Waals surface area contributed by atoms with Crippen LogP contribution in [0, 0.1) is 0 Å². The summed E-state index contributed by atoms with van der Waals surface area (Å²) in [7, 11) is -3.74. The lowest BCUT2D eigenvalue weighted by molar-refractivity contribution is 0.0701. The molecule has 2 aromatic heterocycles. The second-order valence-electron chi connectivity index (χ2n) is 7.30. The molecule has 33 heavy (non-hydrogen) atoms. The van der Waals surface area contributed by atoms with Crippen molar-refractivity contribution in [3.05, 3.63) is 53.3 Å². The van der Waals surface area contributed by atoms with Crippen molar-refractivity contribution in [2.24, 2.45) is 0 Å². The molecule has 1 aromatic carbocycles. The van der Waals surface area contributed by atoms with Crippen LogP contribution in [0.2, 0.25) is 5.15 Å². The van der Waals surface area contributed by atoms with E-state index in [4.69, 9.17) is 11.6 Å². The maximum Gasteiger partial charge on any atom is 0.319 e. The zero-order valence-electron chi connectivity index (χ0n) is 17.7. The number of nitrogens with one attached hydrogen (secondary N) is 2. The first-order valence-corrected chi connectivity index (χ1v) is 12.9. The molecule has 1 aliphatic rings. The summed E-state index contributed by atoms with van der Waals surface area (Å²) in [4.78, 5) is 31.1. The highest BCUT2D eigenvalue weighted by Crippen LogP contribution is 2.36. The SMILES string of the molecule is CCNC(=O)Nc1sc2ccccc2c1C(=O)N1CCN(S(=O)(=O)c2ccc(Cl)nc2)CC1. The molecule has 4 rings (SSSR count). The fourth-order valence-electron chi connectivity index (χ4n) is 3.61. The average molecular weight is 508 g/mol. The topological polar surface area (TPSA) is 112 Å². The van der Waals surface area contributed by atoms with Crippen LogP contribution in [-0.2, 0) is 10.0 Å². The number of urea groups is 1. The Bertz CT molecular complexity index is 1290. The molecule has 0 saturated carbocycles. The van der Waals surface area contributed by atoms with Crippen LogP contribution in [0.3, 0.4) is 0 Å². The number of amides is 3. The summed E-state index contributed by atoms with van der Waals surface area (Å²) >= 11 is 7.09. The van der Waals surface area contributed by atoms with Gasteiger partial charge in [-0.25, -0.2) is 18.2 Å². The Morgan fingerprint density at radius 2 is 1.85 bits per heavy atom. The number of aromatic nitrogens is 1. The van der Waals surface area contributed by atoms with Crippen molar-refractivity contribution < 1.29 is 18.0 Å². The smallest absolute Gasteiger partial charge is 0.319 e. The van der Waals surface area contributed by atoms with Gasteiger partial charge in [0.25, 0.3) is 5.91 Å². The van der Waals surface area contributed by atoms with Crippen molar-refractivity contribution in [3.63, 3.8) is 0 Å². The van der Waals surface area contributed by atoms with Gasteiger partial charge in [-0.1, -0.05) is 29.8 Å². The first-order chi connectivity index (χ1) is 15.8. The molecule has 2 N–H and O–H groups in total. The van der Waals surface area contributed by atoms with Crippen LogP contribution in [0.5, 0.6) is 0 Å². The summed E-state index contributed by atoms with van der Waals surface area (Å²) < 4.78 is 28.0. The number of hydrogen-bond acceptors (Lipinski definition) is 6. The van der Waals surface area contributed by atoms with Crippen LogP contribution >= 0.6 is 22.9 Å². The van der Waals surface area contributed by atoms with Gasteiger partial charge in [0.05, 0.1) is 5.56 Å². The first-order valence-electron chi connectivity index (χ1n) is 10.3. The molecular weight excluding hydrogens is 486 g/mol. The predicted molar refractivity (Wildman–Crippen MR) is 128 cm³/mol. The Labute approximate surface area is 200 Å². The Morgan fingerprint density at radius 1 is 1.12 bits per heavy atom. The normalized spacial score (nSPS) is 14.9. The molecule has 3 heterocycles. The highest BCUT2D eigenvalue weighted by molar-refractivity contribution is 7.89. The Kier molecular flexibility index (Phi) is 6.84. The number of sulfonamides is 1. The van der Waals surface area contributed by atoms with Gasteiger partial charge in [0, 0.05) is 49.0 Å². The van der Waals surface area contributed by atoms with Crippen molar-refractivity contribution in [1.29, 1.82) is 0 Å². The number of carbonyl (C=O) groups excluding carboxylic acids is 2. The number of thiophene rings is 1. The van der Waals surface area contributed by atoms with E-state index < -0.39 is 10.0 Å². The number of hydrogen-bond donors (Lipinski definition) is 2. The second-order valence-corrected chi connectivity index (χ2v) is 10.7. The Hall–Kier alpha value is -2.73. The molecule has 1 saturated heterocycles. The van der Waals surface area contributed by atoms with Gasteiger partial charge in [-0.05, 0) is 25.1 Å². The zero-order chi connectivity index (χ0) is 23.6. The number of nitrogens with zero attached hydrogens (tertiary/aromatic N) is 3. The minimum Gasteiger partial charge on any atom is -0.338 e. The van der Waals surface area contributed by atoms with E-state index in [1.807, 2.05) is 31.2 Å². The second kappa shape index (κ2) is 9.64. The highest BCUT2D eigenvalue weighted by atomic mass is 35.5. The summed E-state index contributed by atoms with van der Waals surface area (Å²) in [6.07, 6.45) is 1.23. The van der Waals surface area contributed by atoms with Crippen LogP contribution in [0.4, 0.5) is 9.80 Å². The molecule has 0 aliphatic carbocycles. The third-order valence-corrected chi connectivity index (χ3v) is 8.43. The molecule has 0 unspecified atom stereocenters. The largest absolute Gasteiger partial charge is 0.338 e. The van der Waals surface area contributed by atoms with E-state index in [-0.39, 0.29) is 48.2 Å². The van der Waals surface area contributed by atoms with E-state index >= 15 is 0 Å². The van der Waals surface area contributed by atoms with E-state index in [1.54, 1.807) is 4.90 Å². The molecule has 0 bridgehead atoms. The number of pyridine rings is 1. The van der Waals surface area contributed by atoms with Crippen LogP contribution in [0.25, 0.3) is 10.1 Å². The number of halogens is 1. The van der Waals surface area contributed by atoms with Gasteiger partial charge >= 0.3 is 6.03 Å². The van der Waals surface area contributed by atoms with E-state index in [9.17, 15) is 18.0 Å². The lowest BCUT2D eigenvalue weighted by atomic mass is 10.1. The molecule has 0 radical (unpaired) electrons. The summed E-state index contributed by atoms with van der Waals surface area (Å²) in [6, 6.07) is 9.91. The maximum atomic E-state index is 13.5. The number of piperazine rings is 1. The fraction of sp³-hybridized carbons (Fsp3) is 0.286. The van der Waals surface area contributed by atoms with Crippen molar-refractivity contribution in [2.45, 2.75) is 11.8 Å². The first kappa shape index (κ1) is 23.4. The van der Waals surface area contributed by atoms with E-state index in [0.29, 0.717) is 17.1 Å². The van der Waals surface area contributed by atoms with Gasteiger partial charge < -0.3 is 10.2 Å². The van der Waals surface area contributed by atoms with Crippen LogP contribution in [0.15, 0.2) is 47.5 Å². The minimum absolute atomic E-state index is 0.0592. The third kappa shape index (κ3) is 4.81. The average Bonchev–Trinajstić information content (AvgIpc) is 3.16.